The highest BCUT2D eigenvalue weighted by atomic mass is 32.2. The molecule has 124 valence electrons. The van der Waals surface area contributed by atoms with E-state index in [0.29, 0.717) is 39.4 Å². The van der Waals surface area contributed by atoms with Crippen LogP contribution < -0.4 is 16.2 Å². The van der Waals surface area contributed by atoms with Gasteiger partial charge in [-0.2, -0.15) is 0 Å². The van der Waals surface area contributed by atoms with Gasteiger partial charge < -0.3 is 15.4 Å². The molecular formula is C15H14N4O3S2. The van der Waals surface area contributed by atoms with Gasteiger partial charge in [0.15, 0.2) is 0 Å². The van der Waals surface area contributed by atoms with Gasteiger partial charge in [-0.3, -0.25) is 14.0 Å². The maximum atomic E-state index is 12.8. The summed E-state index contributed by atoms with van der Waals surface area (Å²) in [5.74, 6) is 0.0902. The van der Waals surface area contributed by atoms with Gasteiger partial charge >= 0.3 is 0 Å². The molecule has 7 nitrogen and oxygen atoms in total. The van der Waals surface area contributed by atoms with Crippen molar-refractivity contribution in [3.8, 4) is 0 Å². The summed E-state index contributed by atoms with van der Waals surface area (Å²) in [7, 11) is 1.59. The first-order chi connectivity index (χ1) is 11.6. The van der Waals surface area contributed by atoms with Crippen LogP contribution in [-0.4, -0.2) is 39.9 Å². The largest absolute Gasteiger partial charge is 0.383 e. The maximum Gasteiger partial charge on any atom is 0.267 e. The first kappa shape index (κ1) is 16.6. The molecule has 1 fully saturated rings. The Labute approximate surface area is 147 Å². The Balaban J connectivity index is 2.12. The van der Waals surface area contributed by atoms with Crippen LogP contribution in [0.4, 0.5) is 5.82 Å². The van der Waals surface area contributed by atoms with Gasteiger partial charge in [0, 0.05) is 19.9 Å². The van der Waals surface area contributed by atoms with Crippen molar-refractivity contribution in [1.29, 1.82) is 0 Å². The number of aromatic nitrogens is 2. The minimum Gasteiger partial charge on any atom is -0.383 e. The Morgan fingerprint density at radius 2 is 2.29 bits per heavy atom. The Hall–Kier alpha value is -2.23. The van der Waals surface area contributed by atoms with E-state index < -0.39 is 0 Å². The quantitative estimate of drug-likeness (QED) is 0.470. The topological polar surface area (TPSA) is 84.7 Å². The highest BCUT2D eigenvalue weighted by Crippen LogP contribution is 2.26. The number of hydrogen-bond acceptors (Lipinski definition) is 7. The van der Waals surface area contributed by atoms with Crippen molar-refractivity contribution in [2.45, 2.75) is 0 Å². The molecule has 2 aromatic heterocycles. The third kappa shape index (κ3) is 3.32. The second kappa shape index (κ2) is 7.12. The van der Waals surface area contributed by atoms with E-state index in [9.17, 15) is 9.59 Å². The number of carbonyl (C=O) groups is 1. The Morgan fingerprint density at radius 3 is 3.00 bits per heavy atom. The molecule has 0 aromatic carbocycles. The average Bonchev–Trinajstić information content (AvgIpc) is 2.88. The fourth-order valence-electron chi connectivity index (χ4n) is 2.19. The van der Waals surface area contributed by atoms with E-state index in [1.54, 1.807) is 31.5 Å². The highest BCUT2D eigenvalue weighted by molar-refractivity contribution is 8.26. The standard InChI is InChI=1S/C15H14N4O3S2/c1-22-7-5-16-12-9(8-10-13(20)18-15(23)24-10)14(21)19-6-3-2-4-11(19)17-12/h2-4,6,8,16H,5,7H2,1H3,(H,18,20,23). The zero-order valence-corrected chi connectivity index (χ0v) is 14.4. The number of carbonyl (C=O) groups excluding carboxylic acids is 1. The van der Waals surface area contributed by atoms with Crippen LogP contribution in [0.15, 0.2) is 34.1 Å². The summed E-state index contributed by atoms with van der Waals surface area (Å²) in [5.41, 5.74) is 0.556. The van der Waals surface area contributed by atoms with Crippen LogP contribution in [0.25, 0.3) is 11.7 Å². The maximum absolute atomic E-state index is 12.8. The number of nitrogens with zero attached hydrogens (tertiary/aromatic N) is 2. The molecule has 0 aliphatic carbocycles. The number of hydrogen-bond donors (Lipinski definition) is 2. The van der Waals surface area contributed by atoms with Crippen LogP contribution in [-0.2, 0) is 9.53 Å². The lowest BCUT2D eigenvalue weighted by atomic mass is 10.2. The van der Waals surface area contributed by atoms with E-state index in [0.717, 1.165) is 11.8 Å². The molecular weight excluding hydrogens is 348 g/mol. The summed E-state index contributed by atoms with van der Waals surface area (Å²) in [6, 6.07) is 5.29. The summed E-state index contributed by atoms with van der Waals surface area (Å²) in [6.45, 7) is 0.949. The fourth-order valence-corrected chi connectivity index (χ4v) is 3.22. The number of pyridine rings is 1. The first-order valence-corrected chi connectivity index (χ1v) is 8.31. The number of fused-ring (bicyclic) bond motifs is 1. The summed E-state index contributed by atoms with van der Waals surface area (Å²) in [5, 5.41) is 5.61. The van der Waals surface area contributed by atoms with Gasteiger partial charge in [0.2, 0.25) is 0 Å². The average molecular weight is 362 g/mol. The summed E-state index contributed by atoms with van der Waals surface area (Å²) >= 11 is 6.10. The lowest BCUT2D eigenvalue weighted by molar-refractivity contribution is -0.115. The molecule has 24 heavy (non-hydrogen) atoms. The predicted molar refractivity (Wildman–Crippen MR) is 98.1 cm³/mol. The minimum absolute atomic E-state index is 0.265. The van der Waals surface area contributed by atoms with Gasteiger partial charge in [-0.05, 0) is 18.2 Å². The van der Waals surface area contributed by atoms with Gasteiger partial charge in [-0.1, -0.05) is 30.0 Å². The molecule has 0 unspecified atom stereocenters. The van der Waals surface area contributed by atoms with Crippen LogP contribution in [0.2, 0.25) is 0 Å². The van der Waals surface area contributed by atoms with Crippen molar-refractivity contribution >= 4 is 51.7 Å². The number of anilines is 1. The SMILES string of the molecule is COCCNc1nc2ccccn2c(=O)c1C=C1SC(=S)NC1=O. The molecule has 1 aliphatic rings. The smallest absolute Gasteiger partial charge is 0.267 e. The number of nitrogens with one attached hydrogen (secondary N) is 2. The van der Waals surface area contributed by atoms with E-state index >= 15 is 0 Å². The van der Waals surface area contributed by atoms with Gasteiger partial charge in [0.1, 0.15) is 15.8 Å². The molecule has 0 bridgehead atoms. The predicted octanol–water partition coefficient (Wildman–Crippen LogP) is 1.24. The zero-order chi connectivity index (χ0) is 17.1. The Bertz CT molecular complexity index is 907. The number of amides is 1. The Kier molecular flexibility index (Phi) is 4.93. The van der Waals surface area contributed by atoms with Crippen LogP contribution in [0.1, 0.15) is 5.56 Å². The lowest BCUT2D eigenvalue weighted by Gasteiger charge is -2.10. The second-order valence-electron chi connectivity index (χ2n) is 4.88. The van der Waals surface area contributed by atoms with Crippen molar-refractivity contribution in [3.63, 3.8) is 0 Å². The van der Waals surface area contributed by atoms with Gasteiger partial charge in [0.05, 0.1) is 17.1 Å². The zero-order valence-electron chi connectivity index (χ0n) is 12.7. The van der Waals surface area contributed by atoms with Crippen molar-refractivity contribution in [3.05, 3.63) is 45.2 Å². The summed E-state index contributed by atoms with van der Waals surface area (Å²) in [6.07, 6.45) is 3.15. The van der Waals surface area contributed by atoms with Crippen molar-refractivity contribution in [2.24, 2.45) is 0 Å². The van der Waals surface area contributed by atoms with Crippen LogP contribution in [0.5, 0.6) is 0 Å². The minimum atomic E-state index is -0.314. The Morgan fingerprint density at radius 1 is 1.46 bits per heavy atom. The molecule has 1 aliphatic heterocycles. The number of ether oxygens (including phenoxy) is 1. The third-order valence-electron chi connectivity index (χ3n) is 3.29. The van der Waals surface area contributed by atoms with E-state index in [-0.39, 0.29) is 11.5 Å². The van der Waals surface area contributed by atoms with E-state index in [2.05, 4.69) is 15.6 Å². The molecule has 0 spiro atoms. The molecule has 2 N–H and O–H groups in total. The van der Waals surface area contributed by atoms with Crippen molar-refractivity contribution in [2.75, 3.05) is 25.6 Å². The molecule has 3 heterocycles. The number of methoxy groups -OCH3 is 1. The monoisotopic (exact) mass is 362 g/mol. The number of rotatable bonds is 5. The van der Waals surface area contributed by atoms with Crippen LogP contribution >= 0.6 is 24.0 Å². The molecule has 2 aromatic rings. The molecule has 9 heteroatoms. The molecule has 3 rings (SSSR count). The molecule has 1 saturated heterocycles. The molecule has 0 saturated carbocycles. The van der Waals surface area contributed by atoms with E-state index in [1.165, 1.54) is 10.5 Å². The highest BCUT2D eigenvalue weighted by Gasteiger charge is 2.23. The van der Waals surface area contributed by atoms with Gasteiger partial charge in [0.25, 0.3) is 11.5 Å². The third-order valence-corrected chi connectivity index (χ3v) is 4.45. The number of thiocarbonyl (C=S) groups is 1. The van der Waals surface area contributed by atoms with E-state index in [4.69, 9.17) is 17.0 Å². The molecule has 1 amide bonds. The summed E-state index contributed by atoms with van der Waals surface area (Å²) in [4.78, 5) is 29.5. The van der Waals surface area contributed by atoms with Crippen molar-refractivity contribution in [1.82, 2.24) is 14.7 Å². The molecule has 0 radical (unpaired) electrons. The number of thioether (sulfide) groups is 1. The van der Waals surface area contributed by atoms with E-state index in [1.807, 2.05) is 0 Å². The lowest BCUT2D eigenvalue weighted by Crippen LogP contribution is -2.22. The normalized spacial score (nSPS) is 16.0. The van der Waals surface area contributed by atoms with Crippen LogP contribution in [0.3, 0.4) is 0 Å². The molecule has 0 atom stereocenters. The second-order valence-corrected chi connectivity index (χ2v) is 6.60. The summed E-state index contributed by atoms with van der Waals surface area (Å²) < 4.78 is 6.82. The first-order valence-electron chi connectivity index (χ1n) is 7.09. The van der Waals surface area contributed by atoms with Crippen LogP contribution in [0, 0.1) is 0 Å². The van der Waals surface area contributed by atoms with Crippen molar-refractivity contribution < 1.29 is 9.53 Å². The van der Waals surface area contributed by atoms with Gasteiger partial charge in [-0.15, -0.1) is 0 Å². The van der Waals surface area contributed by atoms with Gasteiger partial charge in [-0.25, -0.2) is 4.98 Å². The fraction of sp³-hybridized carbons (Fsp3) is 0.200.